The van der Waals surface area contributed by atoms with E-state index in [1.165, 1.54) is 0 Å². The monoisotopic (exact) mass is 424 g/mol. The summed E-state index contributed by atoms with van der Waals surface area (Å²) in [4.78, 5) is 13.4. The first kappa shape index (κ1) is 21.2. The Morgan fingerprint density at radius 3 is 2.31 bits per heavy atom. The molecule has 29 heavy (non-hydrogen) atoms. The molecule has 0 radical (unpaired) electrons. The summed E-state index contributed by atoms with van der Waals surface area (Å²) in [5.41, 5.74) is 0.829. The molecule has 0 atom stereocenters. The van der Waals surface area contributed by atoms with Gasteiger partial charge in [0.25, 0.3) is 0 Å². The smallest absolute Gasteiger partial charge is 0.246 e. The highest BCUT2D eigenvalue weighted by Gasteiger charge is 2.32. The fourth-order valence-corrected chi connectivity index (χ4v) is 4.65. The summed E-state index contributed by atoms with van der Waals surface area (Å²) in [5.74, 6) is -1.22. The summed E-state index contributed by atoms with van der Waals surface area (Å²) in [5, 5.41) is 0. The standard InChI is InChI=1S/C20H22F2N2O4S/c1-2-28-17-6-3-15(4-7-17)13-20(25)23-9-11-24(12-10-23)29(26,27)19-14-16(21)5-8-18(19)22/h3-8,14H,2,9-13H2,1H3. The highest BCUT2D eigenvalue weighted by molar-refractivity contribution is 7.89. The Labute approximate surface area is 168 Å². The maximum Gasteiger partial charge on any atom is 0.246 e. The van der Waals surface area contributed by atoms with E-state index in [4.69, 9.17) is 4.74 Å². The van der Waals surface area contributed by atoms with Crippen LogP contribution in [0.15, 0.2) is 47.4 Å². The number of sulfonamides is 1. The van der Waals surface area contributed by atoms with Crippen LogP contribution >= 0.6 is 0 Å². The van der Waals surface area contributed by atoms with E-state index in [0.29, 0.717) is 12.7 Å². The van der Waals surface area contributed by atoms with E-state index in [9.17, 15) is 22.0 Å². The number of carbonyl (C=O) groups excluding carboxylic acids is 1. The molecule has 1 saturated heterocycles. The molecule has 0 saturated carbocycles. The third kappa shape index (κ3) is 4.91. The number of piperazine rings is 1. The van der Waals surface area contributed by atoms with Crippen LogP contribution in [0.25, 0.3) is 0 Å². The van der Waals surface area contributed by atoms with Crippen LogP contribution in [0.1, 0.15) is 12.5 Å². The quantitative estimate of drug-likeness (QED) is 0.715. The zero-order valence-corrected chi connectivity index (χ0v) is 16.8. The number of rotatable bonds is 6. The Morgan fingerprint density at radius 2 is 1.69 bits per heavy atom. The van der Waals surface area contributed by atoms with E-state index >= 15 is 0 Å². The average Bonchev–Trinajstić information content (AvgIpc) is 2.71. The number of hydrogen-bond acceptors (Lipinski definition) is 4. The van der Waals surface area contributed by atoms with Crippen molar-refractivity contribution in [1.82, 2.24) is 9.21 Å². The molecule has 0 N–H and O–H groups in total. The molecule has 6 nitrogen and oxygen atoms in total. The summed E-state index contributed by atoms with van der Waals surface area (Å²) >= 11 is 0. The van der Waals surface area contributed by atoms with E-state index < -0.39 is 26.6 Å². The van der Waals surface area contributed by atoms with E-state index in [1.807, 2.05) is 19.1 Å². The highest BCUT2D eigenvalue weighted by Crippen LogP contribution is 2.22. The van der Waals surface area contributed by atoms with Crippen LogP contribution in [0.2, 0.25) is 0 Å². The number of hydrogen-bond donors (Lipinski definition) is 0. The van der Waals surface area contributed by atoms with Gasteiger partial charge in [-0.05, 0) is 42.8 Å². The summed E-state index contributed by atoms with van der Waals surface area (Å²) in [7, 11) is -4.17. The van der Waals surface area contributed by atoms with Gasteiger partial charge in [-0.3, -0.25) is 4.79 Å². The van der Waals surface area contributed by atoms with Crippen molar-refractivity contribution in [2.24, 2.45) is 0 Å². The molecule has 1 fully saturated rings. The number of halogens is 2. The molecule has 156 valence electrons. The largest absolute Gasteiger partial charge is 0.494 e. The number of nitrogens with zero attached hydrogens (tertiary/aromatic N) is 2. The number of carbonyl (C=O) groups is 1. The normalized spacial score (nSPS) is 15.3. The summed E-state index contributed by atoms with van der Waals surface area (Å²) in [6.45, 7) is 2.86. The third-order valence-electron chi connectivity index (χ3n) is 4.69. The molecule has 0 bridgehead atoms. The van der Waals surface area contributed by atoms with Crippen molar-refractivity contribution in [3.8, 4) is 5.75 Å². The van der Waals surface area contributed by atoms with Crippen LogP contribution in [0.3, 0.4) is 0 Å². The van der Waals surface area contributed by atoms with Crippen LogP contribution < -0.4 is 4.74 Å². The van der Waals surface area contributed by atoms with Crippen LogP contribution in [-0.2, 0) is 21.2 Å². The van der Waals surface area contributed by atoms with E-state index in [2.05, 4.69) is 0 Å². The van der Waals surface area contributed by atoms with Crippen LogP contribution in [0.4, 0.5) is 8.78 Å². The van der Waals surface area contributed by atoms with Gasteiger partial charge in [0.15, 0.2) is 0 Å². The van der Waals surface area contributed by atoms with Crippen LogP contribution in [0.5, 0.6) is 5.75 Å². The first-order chi connectivity index (χ1) is 13.8. The van der Waals surface area contributed by atoms with E-state index in [0.717, 1.165) is 27.8 Å². The fraction of sp³-hybridized carbons (Fsp3) is 0.350. The lowest BCUT2D eigenvalue weighted by Crippen LogP contribution is -2.51. The predicted molar refractivity (Wildman–Crippen MR) is 103 cm³/mol. The van der Waals surface area contributed by atoms with Gasteiger partial charge >= 0.3 is 0 Å². The molecule has 2 aromatic rings. The van der Waals surface area contributed by atoms with Crippen molar-refractivity contribution < 1.29 is 26.7 Å². The topological polar surface area (TPSA) is 66.9 Å². The van der Waals surface area contributed by atoms with Crippen molar-refractivity contribution in [3.63, 3.8) is 0 Å². The minimum absolute atomic E-state index is 0.0211. The van der Waals surface area contributed by atoms with Crippen molar-refractivity contribution in [3.05, 3.63) is 59.7 Å². The summed E-state index contributed by atoms with van der Waals surface area (Å²) in [6, 6.07) is 9.56. The second-order valence-electron chi connectivity index (χ2n) is 6.61. The van der Waals surface area contributed by atoms with Crippen molar-refractivity contribution in [2.45, 2.75) is 18.2 Å². The molecule has 0 unspecified atom stereocenters. The first-order valence-electron chi connectivity index (χ1n) is 9.26. The van der Waals surface area contributed by atoms with Gasteiger partial charge in [-0.25, -0.2) is 17.2 Å². The Balaban J connectivity index is 1.61. The Hall–Kier alpha value is -2.52. The maximum absolute atomic E-state index is 13.9. The first-order valence-corrected chi connectivity index (χ1v) is 10.7. The Kier molecular flexibility index (Phi) is 6.49. The third-order valence-corrected chi connectivity index (χ3v) is 6.61. The lowest BCUT2D eigenvalue weighted by molar-refractivity contribution is -0.131. The van der Waals surface area contributed by atoms with Gasteiger partial charge in [-0.15, -0.1) is 0 Å². The fourth-order valence-electron chi connectivity index (χ4n) is 3.15. The Bertz CT molecular complexity index is 972. The Morgan fingerprint density at radius 1 is 1.03 bits per heavy atom. The molecule has 1 aliphatic rings. The van der Waals surface area contributed by atoms with Gasteiger partial charge in [0, 0.05) is 26.2 Å². The number of ether oxygens (including phenoxy) is 1. The second kappa shape index (κ2) is 8.87. The summed E-state index contributed by atoms with van der Waals surface area (Å²) in [6.07, 6.45) is 0.192. The van der Waals surface area contributed by atoms with Gasteiger partial charge in [-0.1, -0.05) is 12.1 Å². The van der Waals surface area contributed by atoms with Gasteiger partial charge < -0.3 is 9.64 Å². The van der Waals surface area contributed by atoms with Gasteiger partial charge in [0.1, 0.15) is 22.3 Å². The maximum atomic E-state index is 13.9. The van der Waals surface area contributed by atoms with Gasteiger partial charge in [0.2, 0.25) is 15.9 Å². The molecular formula is C20H22F2N2O4S. The molecular weight excluding hydrogens is 402 g/mol. The zero-order chi connectivity index (χ0) is 21.0. The molecule has 9 heteroatoms. The van der Waals surface area contributed by atoms with Crippen molar-refractivity contribution in [1.29, 1.82) is 0 Å². The second-order valence-corrected chi connectivity index (χ2v) is 8.52. The minimum atomic E-state index is -4.17. The molecule has 1 amide bonds. The van der Waals surface area contributed by atoms with Gasteiger partial charge in [-0.2, -0.15) is 4.31 Å². The summed E-state index contributed by atoms with van der Waals surface area (Å²) < 4.78 is 59.0. The SMILES string of the molecule is CCOc1ccc(CC(=O)N2CCN(S(=O)(=O)c3cc(F)ccc3F)CC2)cc1. The number of benzene rings is 2. The van der Waals surface area contributed by atoms with Crippen molar-refractivity contribution >= 4 is 15.9 Å². The van der Waals surface area contributed by atoms with Crippen molar-refractivity contribution in [2.75, 3.05) is 32.8 Å². The molecule has 1 aliphatic heterocycles. The van der Waals surface area contributed by atoms with Crippen LogP contribution in [0, 0.1) is 11.6 Å². The number of amides is 1. The molecule has 0 aliphatic carbocycles. The van der Waals surface area contributed by atoms with E-state index in [1.54, 1.807) is 17.0 Å². The molecule has 0 aromatic heterocycles. The molecule has 3 rings (SSSR count). The molecule has 1 heterocycles. The highest BCUT2D eigenvalue weighted by atomic mass is 32.2. The van der Waals surface area contributed by atoms with Gasteiger partial charge in [0.05, 0.1) is 13.0 Å². The average molecular weight is 424 g/mol. The minimum Gasteiger partial charge on any atom is -0.494 e. The lowest BCUT2D eigenvalue weighted by atomic mass is 10.1. The van der Waals surface area contributed by atoms with Crippen LogP contribution in [-0.4, -0.2) is 56.3 Å². The van der Waals surface area contributed by atoms with E-state index in [-0.39, 0.29) is 38.5 Å². The molecule has 2 aromatic carbocycles. The molecule has 0 spiro atoms. The zero-order valence-electron chi connectivity index (χ0n) is 16.0. The predicted octanol–water partition coefficient (Wildman–Crippen LogP) is 2.44. The lowest BCUT2D eigenvalue weighted by Gasteiger charge is -2.34.